The Labute approximate surface area is 227 Å². The van der Waals surface area contributed by atoms with Crippen molar-refractivity contribution in [3.63, 3.8) is 0 Å². The van der Waals surface area contributed by atoms with Crippen LogP contribution in [0.2, 0.25) is 0 Å². The van der Waals surface area contributed by atoms with Crippen molar-refractivity contribution in [1.82, 2.24) is 0 Å². The summed E-state index contributed by atoms with van der Waals surface area (Å²) < 4.78 is 25.4. The molecule has 184 valence electrons. The lowest BCUT2D eigenvalue weighted by atomic mass is 10.2. The van der Waals surface area contributed by atoms with Crippen LogP contribution in [0.5, 0.6) is 0 Å². The van der Waals surface area contributed by atoms with Crippen LogP contribution in [0.4, 0.5) is 11.4 Å². The molecule has 0 aliphatic rings. The standard InChI is InChI=1S/C29H26N2O2S2.BrH/c1-22-4-12-26(13-5-22)34(32)28-16-8-24(9-17-28)30-20-3-21-31-25-10-18-29(19-11-25)35(33)27-14-6-23(2)7-15-27;/h3-21,30H,1-2H3;1H/b20-3+,31-21?;/t34-,35-;/m0./s1. The van der Waals surface area contributed by atoms with Gasteiger partial charge in [0, 0.05) is 49.7 Å². The monoisotopic (exact) mass is 578 g/mol. The van der Waals surface area contributed by atoms with Crippen molar-refractivity contribution in [3.05, 3.63) is 120 Å². The maximum Gasteiger partial charge on any atom is 0.203 e. The molecule has 0 amide bonds. The topological polar surface area (TPSA) is 60.1 Å². The molecule has 0 aromatic heterocycles. The molecule has 7 heteroatoms. The summed E-state index contributed by atoms with van der Waals surface area (Å²) in [6.07, 6.45) is 5.50. The van der Waals surface area contributed by atoms with Crippen molar-refractivity contribution in [1.29, 1.82) is 0 Å². The predicted octanol–water partition coefficient (Wildman–Crippen LogP) is 2.05. The van der Waals surface area contributed by atoms with Crippen molar-refractivity contribution in [3.8, 4) is 0 Å². The Bertz CT molecular complexity index is 1380. The molecule has 0 unspecified atom stereocenters. The summed E-state index contributed by atoms with van der Waals surface area (Å²) in [4.78, 5) is 6.33. The molecule has 4 nitrogen and oxygen atoms in total. The van der Waals surface area contributed by atoms with E-state index in [1.165, 1.54) is 0 Å². The summed E-state index contributed by atoms with van der Waals surface area (Å²) in [7, 11) is -2.38. The Balaban J connectivity index is 0.00000361. The molecule has 4 aromatic rings. The number of aryl methyl sites for hydroxylation is 2. The molecular weight excluding hydrogens is 552 g/mol. The molecule has 0 fully saturated rings. The van der Waals surface area contributed by atoms with Crippen LogP contribution in [0.3, 0.4) is 0 Å². The van der Waals surface area contributed by atoms with Gasteiger partial charge in [-0.15, -0.1) is 0 Å². The number of rotatable bonds is 8. The van der Waals surface area contributed by atoms with Gasteiger partial charge in [0.1, 0.15) is 0 Å². The third-order valence-corrected chi connectivity index (χ3v) is 8.10. The molecule has 0 radical (unpaired) electrons. The highest BCUT2D eigenvalue weighted by Gasteiger charge is 2.08. The maximum atomic E-state index is 12.7. The number of hydrogen-bond donors (Lipinski definition) is 2. The molecular formula is C29H27BrN2O2S2. The highest BCUT2D eigenvalue weighted by molar-refractivity contribution is 7.85. The molecule has 0 spiro atoms. The summed E-state index contributed by atoms with van der Waals surface area (Å²) >= 11 is 0. The molecule has 2 N–H and O–H groups in total. The maximum absolute atomic E-state index is 12.7. The zero-order valence-electron chi connectivity index (χ0n) is 20.0. The first-order valence-corrected chi connectivity index (χ1v) is 13.5. The van der Waals surface area contributed by atoms with Gasteiger partial charge < -0.3 is 22.3 Å². The summed E-state index contributed by atoms with van der Waals surface area (Å²) in [6.45, 7) is 4.03. The first kappa shape index (κ1) is 27.5. The zero-order chi connectivity index (χ0) is 24.6. The minimum absolute atomic E-state index is 0. The quantitative estimate of drug-likeness (QED) is 0.315. The van der Waals surface area contributed by atoms with Crippen LogP contribution in [0.1, 0.15) is 11.1 Å². The number of benzene rings is 4. The summed E-state index contributed by atoms with van der Waals surface area (Å²) in [5.74, 6) is 0. The van der Waals surface area contributed by atoms with Gasteiger partial charge in [-0.25, -0.2) is 13.4 Å². The Kier molecular flexibility index (Phi) is 10.1. The van der Waals surface area contributed by atoms with E-state index in [0.29, 0.717) is 0 Å². The van der Waals surface area contributed by atoms with Gasteiger partial charge in [-0.2, -0.15) is 0 Å². The van der Waals surface area contributed by atoms with Crippen LogP contribution in [-0.4, -0.2) is 14.6 Å². The van der Waals surface area contributed by atoms with Crippen molar-refractivity contribution in [2.45, 2.75) is 33.4 Å². The third kappa shape index (κ3) is 7.43. The second-order valence-electron chi connectivity index (χ2n) is 8.03. The minimum atomic E-state index is -1.19. The highest BCUT2D eigenvalue weighted by Crippen LogP contribution is 2.19. The van der Waals surface area contributed by atoms with Gasteiger partial charge in [0.05, 0.1) is 21.6 Å². The van der Waals surface area contributed by atoms with Crippen LogP contribution in [0.25, 0.3) is 0 Å². The van der Waals surface area contributed by atoms with Gasteiger partial charge in [0.15, 0.2) is 6.21 Å². The average molecular weight is 580 g/mol. The number of halogens is 1. The van der Waals surface area contributed by atoms with E-state index in [9.17, 15) is 8.42 Å². The lowest BCUT2D eigenvalue weighted by Gasteiger charge is -2.05. The molecule has 0 heterocycles. The van der Waals surface area contributed by atoms with Crippen molar-refractivity contribution in [2.24, 2.45) is 0 Å². The first-order valence-electron chi connectivity index (χ1n) is 11.2. The Hall–Kier alpha value is -3.13. The SMILES string of the molecule is Cc1ccc([S@](=O)c2ccc(N/C=C/C=[NH+]c3ccc([S@@](=O)c4ccc(C)cc4)cc3)cc2)cc1.[Br-]. The summed E-state index contributed by atoms with van der Waals surface area (Å²) in [5.41, 5.74) is 4.11. The minimum Gasteiger partial charge on any atom is -1.00 e. The lowest BCUT2D eigenvalue weighted by molar-refractivity contribution is -0.346. The van der Waals surface area contributed by atoms with Gasteiger partial charge in [0.2, 0.25) is 5.69 Å². The fourth-order valence-electron chi connectivity index (χ4n) is 3.28. The van der Waals surface area contributed by atoms with Crippen molar-refractivity contribution in [2.75, 3.05) is 5.32 Å². The normalized spacial score (nSPS) is 12.8. The van der Waals surface area contributed by atoms with E-state index in [0.717, 1.165) is 42.1 Å². The van der Waals surface area contributed by atoms with Gasteiger partial charge in [-0.05, 0) is 74.5 Å². The number of hydrogen-bond acceptors (Lipinski definition) is 3. The van der Waals surface area contributed by atoms with E-state index in [-0.39, 0.29) is 17.0 Å². The van der Waals surface area contributed by atoms with E-state index in [1.54, 1.807) is 0 Å². The van der Waals surface area contributed by atoms with E-state index >= 15 is 0 Å². The number of anilines is 1. The highest BCUT2D eigenvalue weighted by atomic mass is 79.9. The van der Waals surface area contributed by atoms with Crippen molar-refractivity contribution < 1.29 is 30.4 Å². The summed E-state index contributed by atoms with van der Waals surface area (Å²) in [6, 6.07) is 30.6. The molecule has 0 bridgehead atoms. The van der Waals surface area contributed by atoms with Crippen LogP contribution in [-0.2, 0) is 21.6 Å². The first-order chi connectivity index (χ1) is 17.0. The molecule has 36 heavy (non-hydrogen) atoms. The van der Waals surface area contributed by atoms with Gasteiger partial charge in [0.25, 0.3) is 0 Å². The molecule has 0 aliphatic heterocycles. The van der Waals surface area contributed by atoms with E-state index in [2.05, 4.69) is 10.3 Å². The molecule has 4 rings (SSSR count). The zero-order valence-corrected chi connectivity index (χ0v) is 23.2. The van der Waals surface area contributed by atoms with Gasteiger partial charge >= 0.3 is 0 Å². The Morgan fingerprint density at radius 1 is 0.611 bits per heavy atom. The fraction of sp³-hybridized carbons (Fsp3) is 0.0690. The Morgan fingerprint density at radius 2 is 1.00 bits per heavy atom. The fourth-order valence-corrected chi connectivity index (χ4v) is 5.36. The van der Waals surface area contributed by atoms with E-state index < -0.39 is 21.6 Å². The molecule has 0 saturated carbocycles. The van der Waals surface area contributed by atoms with Gasteiger partial charge in [-0.3, -0.25) is 0 Å². The third-order valence-electron chi connectivity index (χ3n) is 5.30. The smallest absolute Gasteiger partial charge is 0.203 e. The van der Waals surface area contributed by atoms with Crippen LogP contribution < -0.4 is 27.3 Å². The molecule has 2 atom stereocenters. The lowest BCUT2D eigenvalue weighted by Crippen LogP contribution is -3.00. The van der Waals surface area contributed by atoms with E-state index in [4.69, 9.17) is 0 Å². The van der Waals surface area contributed by atoms with Crippen molar-refractivity contribution >= 4 is 39.2 Å². The van der Waals surface area contributed by atoms with Gasteiger partial charge in [-0.1, -0.05) is 35.4 Å². The molecule has 0 aliphatic carbocycles. The molecule has 4 aromatic carbocycles. The largest absolute Gasteiger partial charge is 1.00 e. The van der Waals surface area contributed by atoms with E-state index in [1.807, 2.05) is 129 Å². The number of allylic oxidation sites excluding steroid dienone is 1. The van der Waals surface area contributed by atoms with Crippen LogP contribution >= 0.6 is 0 Å². The van der Waals surface area contributed by atoms with Crippen LogP contribution in [0.15, 0.2) is 129 Å². The predicted molar refractivity (Wildman–Crippen MR) is 144 cm³/mol. The summed E-state index contributed by atoms with van der Waals surface area (Å²) in [5, 5.41) is 3.20. The second-order valence-corrected chi connectivity index (χ2v) is 11.0. The second kappa shape index (κ2) is 13.3. The molecule has 0 saturated heterocycles. The average Bonchev–Trinajstić information content (AvgIpc) is 2.89. The number of nitrogens with one attached hydrogen (secondary N) is 2. The van der Waals surface area contributed by atoms with Crippen LogP contribution in [0, 0.1) is 13.8 Å². The Morgan fingerprint density at radius 3 is 1.44 bits per heavy atom.